The van der Waals surface area contributed by atoms with E-state index in [0.717, 1.165) is 6.54 Å². The maximum atomic E-state index is 10.4. The average Bonchev–Trinajstić information content (AvgIpc) is 1.87. The molecule has 0 aromatic rings. The molecule has 2 nitrogen and oxygen atoms in total. The van der Waals surface area contributed by atoms with E-state index in [1.54, 1.807) is 4.90 Å². The molecule has 0 unspecified atom stereocenters. The zero-order valence-electron chi connectivity index (χ0n) is 4.18. The van der Waals surface area contributed by atoms with Crippen molar-refractivity contribution >= 4 is 5.78 Å². The normalized spacial score (nSPS) is 23.9. The van der Waals surface area contributed by atoms with E-state index < -0.39 is 0 Å². The molecule has 1 aliphatic heterocycles. The molecular formula is C5H8NO-. The third-order valence-corrected chi connectivity index (χ3v) is 1.11. The lowest BCUT2D eigenvalue weighted by Crippen LogP contribution is -2.10. The van der Waals surface area contributed by atoms with Gasteiger partial charge in [-0.25, -0.2) is 0 Å². The van der Waals surface area contributed by atoms with Crippen LogP contribution in [-0.2, 0) is 4.79 Å². The lowest BCUT2D eigenvalue weighted by molar-refractivity contribution is -0.116. The first-order chi connectivity index (χ1) is 3.29. The van der Waals surface area contributed by atoms with E-state index in [0.29, 0.717) is 18.7 Å². The fourth-order valence-corrected chi connectivity index (χ4v) is 0.690. The highest BCUT2D eigenvalue weighted by Gasteiger charge is 2.09. The van der Waals surface area contributed by atoms with E-state index in [1.807, 2.05) is 0 Å². The zero-order chi connectivity index (χ0) is 5.28. The molecular weight excluding hydrogens is 90.1 g/mol. The van der Waals surface area contributed by atoms with Gasteiger partial charge in [-0.3, -0.25) is 11.8 Å². The van der Waals surface area contributed by atoms with E-state index >= 15 is 0 Å². The number of Topliss-reactive ketones (excluding diaryl/α,β-unsaturated/α-hetero) is 1. The molecule has 1 fully saturated rings. The Morgan fingerprint density at radius 3 is 2.57 bits per heavy atom. The van der Waals surface area contributed by atoms with Crippen LogP contribution in [0.5, 0.6) is 0 Å². The summed E-state index contributed by atoms with van der Waals surface area (Å²) in [6.07, 6.45) is 0.698. The number of likely N-dealkylation sites (tertiary alicyclic amines) is 1. The van der Waals surface area contributed by atoms with Gasteiger partial charge in [0, 0.05) is 13.0 Å². The van der Waals surface area contributed by atoms with Gasteiger partial charge in [-0.1, -0.05) is 0 Å². The van der Waals surface area contributed by atoms with Crippen LogP contribution in [0.1, 0.15) is 6.42 Å². The largest absolute Gasteiger partial charge is 0.453 e. The van der Waals surface area contributed by atoms with Crippen molar-refractivity contribution < 1.29 is 4.79 Å². The molecule has 0 aromatic heterocycles. The molecule has 0 bridgehead atoms. The van der Waals surface area contributed by atoms with Crippen molar-refractivity contribution in [3.8, 4) is 0 Å². The highest BCUT2D eigenvalue weighted by atomic mass is 16.1. The van der Waals surface area contributed by atoms with Crippen LogP contribution >= 0.6 is 0 Å². The van der Waals surface area contributed by atoms with Gasteiger partial charge in [-0.2, -0.15) is 0 Å². The summed E-state index contributed by atoms with van der Waals surface area (Å²) in [5.41, 5.74) is 0. The highest BCUT2D eigenvalue weighted by molar-refractivity contribution is 5.82. The fraction of sp³-hybridized carbons (Fsp3) is 0.600. The Balaban J connectivity index is 2.40. The molecule has 40 valence electrons. The van der Waals surface area contributed by atoms with Crippen LogP contribution in [0.2, 0.25) is 0 Å². The Morgan fingerprint density at radius 1 is 1.71 bits per heavy atom. The SMILES string of the molecule is [CH2-]N1CCC(=O)C1. The Morgan fingerprint density at radius 2 is 2.43 bits per heavy atom. The molecule has 0 saturated carbocycles. The molecule has 1 aliphatic rings. The van der Waals surface area contributed by atoms with Crippen LogP contribution in [0, 0.1) is 7.05 Å². The maximum absolute atomic E-state index is 10.4. The van der Waals surface area contributed by atoms with Crippen molar-refractivity contribution in [2.24, 2.45) is 0 Å². The minimum atomic E-state index is 0.315. The van der Waals surface area contributed by atoms with Gasteiger partial charge in [0.2, 0.25) is 0 Å². The van der Waals surface area contributed by atoms with Gasteiger partial charge in [0.25, 0.3) is 0 Å². The minimum Gasteiger partial charge on any atom is -0.453 e. The van der Waals surface area contributed by atoms with Crippen LogP contribution in [-0.4, -0.2) is 23.8 Å². The molecule has 2 heteroatoms. The van der Waals surface area contributed by atoms with Crippen LogP contribution < -0.4 is 0 Å². The highest BCUT2D eigenvalue weighted by Crippen LogP contribution is 1.99. The van der Waals surface area contributed by atoms with Gasteiger partial charge >= 0.3 is 0 Å². The molecule has 0 radical (unpaired) electrons. The van der Waals surface area contributed by atoms with Crippen LogP contribution in [0.4, 0.5) is 0 Å². The molecule has 0 spiro atoms. The van der Waals surface area contributed by atoms with E-state index in [1.165, 1.54) is 0 Å². The number of carbonyl (C=O) groups excluding carboxylic acids is 1. The third-order valence-electron chi connectivity index (χ3n) is 1.11. The third kappa shape index (κ3) is 0.996. The summed E-state index contributed by atoms with van der Waals surface area (Å²) < 4.78 is 0. The number of nitrogens with zero attached hydrogens (tertiary/aromatic N) is 1. The smallest absolute Gasteiger partial charge is 0.145 e. The van der Waals surface area contributed by atoms with Crippen molar-refractivity contribution in [3.05, 3.63) is 7.05 Å². The van der Waals surface area contributed by atoms with Crippen LogP contribution in [0.25, 0.3) is 0 Å². The first-order valence-corrected chi connectivity index (χ1v) is 2.36. The topological polar surface area (TPSA) is 20.3 Å². The van der Waals surface area contributed by atoms with Crippen molar-refractivity contribution in [1.29, 1.82) is 0 Å². The lowest BCUT2D eigenvalue weighted by Gasteiger charge is -2.11. The van der Waals surface area contributed by atoms with Gasteiger partial charge < -0.3 is 4.90 Å². The summed E-state index contributed by atoms with van der Waals surface area (Å²) in [6, 6.07) is 0. The maximum Gasteiger partial charge on any atom is 0.145 e. The molecule has 1 heterocycles. The minimum absolute atomic E-state index is 0.315. The van der Waals surface area contributed by atoms with Crippen molar-refractivity contribution in [3.63, 3.8) is 0 Å². The molecule has 0 N–H and O–H groups in total. The van der Waals surface area contributed by atoms with Crippen LogP contribution in [0.15, 0.2) is 0 Å². The number of hydrogen-bond donors (Lipinski definition) is 0. The Kier molecular flexibility index (Phi) is 1.11. The second-order valence-electron chi connectivity index (χ2n) is 1.84. The van der Waals surface area contributed by atoms with E-state index in [2.05, 4.69) is 7.05 Å². The Hall–Kier alpha value is -0.370. The second kappa shape index (κ2) is 1.62. The van der Waals surface area contributed by atoms with E-state index in [-0.39, 0.29) is 0 Å². The summed E-state index contributed by atoms with van der Waals surface area (Å²) in [6.45, 7) is 1.40. The van der Waals surface area contributed by atoms with Gasteiger partial charge in [0.1, 0.15) is 5.78 Å². The van der Waals surface area contributed by atoms with Crippen LogP contribution in [0.3, 0.4) is 0 Å². The molecule has 7 heavy (non-hydrogen) atoms. The summed E-state index contributed by atoms with van der Waals surface area (Å²) in [5.74, 6) is 0.315. The van der Waals surface area contributed by atoms with Crippen molar-refractivity contribution in [1.82, 2.24) is 4.90 Å². The number of carbonyl (C=O) groups is 1. The predicted molar refractivity (Wildman–Crippen MR) is 26.6 cm³/mol. The summed E-state index contributed by atoms with van der Waals surface area (Å²) in [7, 11) is 3.60. The standard InChI is InChI=1S/C5H8NO/c1-6-3-2-5(7)4-6/h1-4H2/q-1. The van der Waals surface area contributed by atoms with Crippen molar-refractivity contribution in [2.45, 2.75) is 6.42 Å². The summed E-state index contributed by atoms with van der Waals surface area (Å²) in [4.78, 5) is 12.2. The zero-order valence-corrected chi connectivity index (χ0v) is 4.18. The Bertz CT molecular complexity index is 90.1. The predicted octanol–water partition coefficient (Wildman–Crippen LogP) is 0.0528. The monoisotopic (exact) mass is 98.1 g/mol. The molecule has 1 rings (SSSR count). The second-order valence-corrected chi connectivity index (χ2v) is 1.84. The van der Waals surface area contributed by atoms with Gasteiger partial charge in [-0.15, -0.1) is 0 Å². The molecule has 0 aromatic carbocycles. The number of rotatable bonds is 0. The molecule has 0 atom stereocenters. The summed E-state index contributed by atoms with van der Waals surface area (Å²) >= 11 is 0. The Labute approximate surface area is 43.1 Å². The number of hydrogen-bond acceptors (Lipinski definition) is 2. The fourth-order valence-electron chi connectivity index (χ4n) is 0.690. The molecule has 0 amide bonds. The first-order valence-electron chi connectivity index (χ1n) is 2.36. The average molecular weight is 98.1 g/mol. The summed E-state index contributed by atoms with van der Waals surface area (Å²) in [5, 5.41) is 0. The van der Waals surface area contributed by atoms with Gasteiger partial charge in [0.05, 0.1) is 0 Å². The molecule has 1 saturated heterocycles. The van der Waals surface area contributed by atoms with E-state index in [9.17, 15) is 4.79 Å². The molecule has 0 aliphatic carbocycles. The lowest BCUT2D eigenvalue weighted by atomic mass is 10.4. The van der Waals surface area contributed by atoms with Gasteiger partial charge in [-0.05, 0) is 6.54 Å². The quantitative estimate of drug-likeness (QED) is 0.399. The van der Waals surface area contributed by atoms with E-state index in [4.69, 9.17) is 0 Å². The van der Waals surface area contributed by atoms with Gasteiger partial charge in [0.15, 0.2) is 0 Å². The first kappa shape index (κ1) is 4.78. The van der Waals surface area contributed by atoms with Crippen molar-refractivity contribution in [2.75, 3.05) is 13.1 Å². The number of ketones is 1.